The first-order valence-electron chi connectivity index (χ1n) is 13.3. The highest BCUT2D eigenvalue weighted by Crippen LogP contribution is 2.30. The Kier molecular flexibility index (Phi) is 10.3. The summed E-state index contributed by atoms with van der Waals surface area (Å²) in [5, 5.41) is 3.38. The van der Waals surface area contributed by atoms with E-state index in [1.165, 1.54) is 24.0 Å². The van der Waals surface area contributed by atoms with Crippen LogP contribution in [0.3, 0.4) is 0 Å². The standard InChI is InChI=1S/C30H44N2O2/c1-5-8-10-24-11-13-25(14-12-24)22-30(7-3,32(4)20-9-6-2)29(33)27-17-15-26(16-18-27)28-23-31-19-21-34-28/h11-18,28,31H,5-10,19-23H2,1-4H3. The van der Waals surface area contributed by atoms with Gasteiger partial charge < -0.3 is 10.1 Å². The van der Waals surface area contributed by atoms with E-state index < -0.39 is 5.54 Å². The van der Waals surface area contributed by atoms with Gasteiger partial charge in [-0.3, -0.25) is 9.69 Å². The van der Waals surface area contributed by atoms with E-state index >= 15 is 0 Å². The van der Waals surface area contributed by atoms with Gasteiger partial charge in [-0.1, -0.05) is 82.1 Å². The van der Waals surface area contributed by atoms with Gasteiger partial charge in [-0.15, -0.1) is 0 Å². The van der Waals surface area contributed by atoms with Crippen molar-refractivity contribution in [1.29, 1.82) is 0 Å². The first-order valence-corrected chi connectivity index (χ1v) is 13.3. The number of morpholine rings is 1. The van der Waals surface area contributed by atoms with Crippen LogP contribution in [-0.2, 0) is 17.6 Å². The summed E-state index contributed by atoms with van der Waals surface area (Å²) >= 11 is 0. The van der Waals surface area contributed by atoms with Crippen LogP contribution >= 0.6 is 0 Å². The highest BCUT2D eigenvalue weighted by Gasteiger charge is 2.41. The number of nitrogens with zero attached hydrogens (tertiary/aromatic N) is 1. The lowest BCUT2D eigenvalue weighted by atomic mass is 9.79. The lowest BCUT2D eigenvalue weighted by Crippen LogP contribution is -2.54. The van der Waals surface area contributed by atoms with Gasteiger partial charge in [0.25, 0.3) is 0 Å². The number of ether oxygens (including phenoxy) is 1. The fourth-order valence-corrected chi connectivity index (χ4v) is 4.99. The van der Waals surface area contributed by atoms with Crippen LogP contribution in [0, 0.1) is 0 Å². The first-order chi connectivity index (χ1) is 16.5. The molecule has 0 bridgehead atoms. The number of carbonyl (C=O) groups is 1. The minimum Gasteiger partial charge on any atom is -0.371 e. The molecule has 2 aromatic carbocycles. The molecule has 1 fully saturated rings. The number of ketones is 1. The molecule has 0 amide bonds. The van der Waals surface area contributed by atoms with Crippen molar-refractivity contribution in [3.63, 3.8) is 0 Å². The molecule has 0 spiro atoms. The molecule has 1 aliphatic rings. The van der Waals surface area contributed by atoms with Gasteiger partial charge in [-0.2, -0.15) is 0 Å². The second-order valence-corrected chi connectivity index (χ2v) is 9.77. The summed E-state index contributed by atoms with van der Waals surface area (Å²) in [6, 6.07) is 17.1. The quantitative estimate of drug-likeness (QED) is 0.369. The molecule has 2 unspecified atom stereocenters. The fraction of sp³-hybridized carbons (Fsp3) is 0.567. The molecule has 1 aliphatic heterocycles. The van der Waals surface area contributed by atoms with E-state index in [1.54, 1.807) is 0 Å². The Morgan fingerprint density at radius 1 is 1.00 bits per heavy atom. The Labute approximate surface area is 207 Å². The predicted octanol–water partition coefficient (Wildman–Crippen LogP) is 6.00. The number of Topliss-reactive ketones (excluding diaryl/α,β-unsaturated/α-hetero) is 1. The highest BCUT2D eigenvalue weighted by molar-refractivity contribution is 6.03. The predicted molar refractivity (Wildman–Crippen MR) is 142 cm³/mol. The van der Waals surface area contributed by atoms with Gasteiger partial charge >= 0.3 is 0 Å². The van der Waals surface area contributed by atoms with Gasteiger partial charge in [0.15, 0.2) is 5.78 Å². The molecule has 2 aromatic rings. The van der Waals surface area contributed by atoms with Crippen LogP contribution < -0.4 is 5.32 Å². The molecule has 0 radical (unpaired) electrons. The second kappa shape index (κ2) is 13.2. The average Bonchev–Trinajstić information content (AvgIpc) is 2.90. The summed E-state index contributed by atoms with van der Waals surface area (Å²) in [7, 11) is 2.13. The van der Waals surface area contributed by atoms with Gasteiger partial charge in [0.1, 0.15) is 0 Å². The topological polar surface area (TPSA) is 41.6 Å². The monoisotopic (exact) mass is 464 g/mol. The third-order valence-corrected chi connectivity index (χ3v) is 7.40. The molecule has 0 aliphatic carbocycles. The number of rotatable bonds is 13. The van der Waals surface area contributed by atoms with Crippen LogP contribution in [-0.4, -0.2) is 49.5 Å². The lowest BCUT2D eigenvalue weighted by Gasteiger charge is -2.40. The van der Waals surface area contributed by atoms with E-state index in [9.17, 15) is 4.79 Å². The minimum absolute atomic E-state index is 0.0623. The van der Waals surface area contributed by atoms with E-state index in [1.807, 2.05) is 12.1 Å². The molecular formula is C30H44N2O2. The van der Waals surface area contributed by atoms with Crippen molar-refractivity contribution in [3.8, 4) is 0 Å². The van der Waals surface area contributed by atoms with E-state index in [2.05, 4.69) is 74.4 Å². The van der Waals surface area contributed by atoms with Gasteiger partial charge in [-0.25, -0.2) is 0 Å². The van der Waals surface area contributed by atoms with Crippen LogP contribution in [0.4, 0.5) is 0 Å². The third kappa shape index (κ3) is 6.56. The van der Waals surface area contributed by atoms with E-state index in [0.29, 0.717) is 0 Å². The molecule has 2 atom stereocenters. The largest absolute Gasteiger partial charge is 0.371 e. The zero-order valence-corrected chi connectivity index (χ0v) is 21.7. The van der Waals surface area contributed by atoms with Crippen LogP contribution in [0.2, 0.25) is 0 Å². The number of benzene rings is 2. The average molecular weight is 465 g/mol. The number of nitrogens with one attached hydrogen (secondary N) is 1. The Morgan fingerprint density at radius 2 is 1.68 bits per heavy atom. The summed E-state index contributed by atoms with van der Waals surface area (Å²) in [6.07, 6.45) is 7.33. The van der Waals surface area contributed by atoms with Crippen molar-refractivity contribution in [1.82, 2.24) is 10.2 Å². The van der Waals surface area contributed by atoms with Crippen molar-refractivity contribution in [2.45, 2.75) is 77.4 Å². The zero-order valence-electron chi connectivity index (χ0n) is 21.7. The lowest BCUT2D eigenvalue weighted by molar-refractivity contribution is 0.0276. The highest BCUT2D eigenvalue weighted by atomic mass is 16.5. The summed E-state index contributed by atoms with van der Waals surface area (Å²) in [4.78, 5) is 16.4. The van der Waals surface area contributed by atoms with Crippen molar-refractivity contribution in [2.75, 3.05) is 33.3 Å². The smallest absolute Gasteiger partial charge is 0.183 e. The Balaban J connectivity index is 1.85. The van der Waals surface area contributed by atoms with E-state index in [4.69, 9.17) is 4.74 Å². The maximum atomic E-state index is 14.1. The number of likely N-dealkylation sites (N-methyl/N-ethyl adjacent to an activating group) is 1. The molecule has 4 heteroatoms. The zero-order chi connectivity index (χ0) is 24.4. The van der Waals surface area contributed by atoms with Gasteiger partial charge in [0.05, 0.1) is 18.2 Å². The SMILES string of the molecule is CCCCc1ccc(CC(CC)(C(=O)c2ccc(C3CNCCO3)cc2)N(C)CCCC)cc1. The Bertz CT molecular complexity index is 872. The Morgan fingerprint density at radius 3 is 2.26 bits per heavy atom. The molecule has 186 valence electrons. The first kappa shape index (κ1) is 26.6. The van der Waals surface area contributed by atoms with Gasteiger partial charge in [0.2, 0.25) is 0 Å². The van der Waals surface area contributed by atoms with Crippen molar-refractivity contribution < 1.29 is 9.53 Å². The molecule has 4 nitrogen and oxygen atoms in total. The minimum atomic E-state index is -0.551. The maximum absolute atomic E-state index is 14.1. The summed E-state index contributed by atoms with van der Waals surface area (Å²) in [6.45, 7) is 9.96. The molecule has 3 rings (SSSR count). The molecule has 0 saturated carbocycles. The number of hydrogen-bond donors (Lipinski definition) is 1. The molecule has 34 heavy (non-hydrogen) atoms. The van der Waals surface area contributed by atoms with Crippen LogP contribution in [0.15, 0.2) is 48.5 Å². The molecule has 1 heterocycles. The van der Waals surface area contributed by atoms with E-state index in [-0.39, 0.29) is 11.9 Å². The number of carbonyl (C=O) groups excluding carboxylic acids is 1. The Hall–Kier alpha value is -2.01. The number of aryl methyl sites for hydroxylation is 1. The van der Waals surface area contributed by atoms with Crippen molar-refractivity contribution in [3.05, 3.63) is 70.8 Å². The van der Waals surface area contributed by atoms with Crippen LogP contribution in [0.1, 0.15) is 86.0 Å². The van der Waals surface area contributed by atoms with Crippen molar-refractivity contribution >= 4 is 5.78 Å². The van der Waals surface area contributed by atoms with Gasteiger partial charge in [0, 0.05) is 18.7 Å². The molecule has 1 saturated heterocycles. The van der Waals surface area contributed by atoms with Crippen molar-refractivity contribution in [2.24, 2.45) is 0 Å². The van der Waals surface area contributed by atoms with Crippen LogP contribution in [0.5, 0.6) is 0 Å². The van der Waals surface area contributed by atoms with Crippen LogP contribution in [0.25, 0.3) is 0 Å². The number of unbranched alkanes of at least 4 members (excludes halogenated alkanes) is 2. The third-order valence-electron chi connectivity index (χ3n) is 7.40. The molecular weight excluding hydrogens is 420 g/mol. The molecule has 0 aromatic heterocycles. The fourth-order valence-electron chi connectivity index (χ4n) is 4.99. The second-order valence-electron chi connectivity index (χ2n) is 9.77. The number of hydrogen-bond acceptors (Lipinski definition) is 4. The van der Waals surface area contributed by atoms with Gasteiger partial charge in [-0.05, 0) is 62.4 Å². The maximum Gasteiger partial charge on any atom is 0.183 e. The molecule has 1 N–H and O–H groups in total. The van der Waals surface area contributed by atoms with E-state index in [0.717, 1.165) is 69.5 Å². The summed E-state index contributed by atoms with van der Waals surface area (Å²) < 4.78 is 5.89. The summed E-state index contributed by atoms with van der Waals surface area (Å²) in [5.41, 5.74) is 3.99. The summed E-state index contributed by atoms with van der Waals surface area (Å²) in [5.74, 6) is 0.220. The normalized spacial score (nSPS) is 18.1.